The van der Waals surface area contributed by atoms with Gasteiger partial charge in [0, 0.05) is 9.26 Å². The van der Waals surface area contributed by atoms with Crippen molar-refractivity contribution in [3.8, 4) is 0 Å². The molecule has 2 aromatic rings. The molecular weight excluding hydrogens is 407 g/mol. The maximum Gasteiger partial charge on any atom is 0.328 e. The maximum atomic E-state index is 12.2. The van der Waals surface area contributed by atoms with Gasteiger partial charge in [-0.1, -0.05) is 30.3 Å². The van der Waals surface area contributed by atoms with Gasteiger partial charge in [0.2, 0.25) is 0 Å². The number of hydrogen-bond acceptors (Lipinski definition) is 4. The molecule has 0 saturated carbocycles. The lowest BCUT2D eigenvalue weighted by molar-refractivity contribution is -0.146. The average molecular weight is 424 g/mol. The van der Waals surface area contributed by atoms with Crippen LogP contribution in [0.5, 0.6) is 0 Å². The minimum absolute atomic E-state index is 0.172. The lowest BCUT2D eigenvalue weighted by Crippen LogP contribution is -2.39. The highest BCUT2D eigenvalue weighted by Gasteiger charge is 2.19. The Balaban J connectivity index is 1.91. The SMILES string of the molecule is C[C@H](NC(=O)c1ccc(I)cc1N)C(=O)OCc1ccccc1. The van der Waals surface area contributed by atoms with E-state index in [2.05, 4.69) is 27.9 Å². The van der Waals surface area contributed by atoms with E-state index in [0.717, 1.165) is 9.13 Å². The van der Waals surface area contributed by atoms with Crippen LogP contribution in [0.1, 0.15) is 22.8 Å². The van der Waals surface area contributed by atoms with Crippen LogP contribution in [0.15, 0.2) is 48.5 Å². The summed E-state index contributed by atoms with van der Waals surface area (Å²) in [7, 11) is 0. The Morgan fingerprint density at radius 3 is 2.57 bits per heavy atom. The quantitative estimate of drug-likeness (QED) is 0.440. The second-order valence-corrected chi connectivity index (χ2v) is 6.27. The van der Waals surface area contributed by atoms with Gasteiger partial charge in [0.05, 0.1) is 5.56 Å². The third-order valence-corrected chi connectivity index (χ3v) is 3.85. The maximum absolute atomic E-state index is 12.2. The summed E-state index contributed by atoms with van der Waals surface area (Å²) in [5.74, 6) is -0.894. The van der Waals surface area contributed by atoms with Gasteiger partial charge in [-0.2, -0.15) is 0 Å². The number of nitrogens with one attached hydrogen (secondary N) is 1. The molecule has 0 unspecified atom stereocenters. The monoisotopic (exact) mass is 424 g/mol. The standard InChI is InChI=1S/C17H17IN2O3/c1-11(17(22)23-10-12-5-3-2-4-6-12)20-16(21)14-8-7-13(18)9-15(14)19/h2-9,11H,10,19H2,1H3,(H,20,21)/t11-/m0/s1. The first-order valence-corrected chi connectivity index (χ1v) is 8.11. The second-order valence-electron chi connectivity index (χ2n) is 5.02. The number of amides is 1. The fourth-order valence-corrected chi connectivity index (χ4v) is 2.44. The number of benzene rings is 2. The summed E-state index contributed by atoms with van der Waals surface area (Å²) in [6.45, 7) is 1.75. The smallest absolute Gasteiger partial charge is 0.328 e. The van der Waals surface area contributed by atoms with E-state index in [9.17, 15) is 9.59 Å². The van der Waals surface area contributed by atoms with Gasteiger partial charge in [-0.25, -0.2) is 4.79 Å². The number of carbonyl (C=O) groups is 2. The van der Waals surface area contributed by atoms with Crippen LogP contribution in [0.4, 0.5) is 5.69 Å². The number of halogens is 1. The summed E-state index contributed by atoms with van der Waals surface area (Å²) in [5, 5.41) is 2.60. The van der Waals surface area contributed by atoms with Gasteiger partial charge in [0.1, 0.15) is 12.6 Å². The van der Waals surface area contributed by atoms with Gasteiger partial charge in [-0.05, 0) is 53.3 Å². The molecular formula is C17H17IN2O3. The normalized spacial score (nSPS) is 11.6. The minimum Gasteiger partial charge on any atom is -0.459 e. The molecule has 2 rings (SSSR count). The molecule has 6 heteroatoms. The number of esters is 1. The highest BCUT2D eigenvalue weighted by Crippen LogP contribution is 2.16. The zero-order chi connectivity index (χ0) is 16.8. The van der Waals surface area contributed by atoms with Crippen LogP contribution in [0, 0.1) is 3.57 Å². The summed E-state index contributed by atoms with van der Waals surface area (Å²) in [5.41, 5.74) is 7.43. The molecule has 0 fully saturated rings. The van der Waals surface area contributed by atoms with Gasteiger partial charge in [-0.15, -0.1) is 0 Å². The number of nitrogens with two attached hydrogens (primary N) is 1. The van der Waals surface area contributed by atoms with Crippen molar-refractivity contribution in [2.45, 2.75) is 19.6 Å². The van der Waals surface area contributed by atoms with Crippen LogP contribution in [0.2, 0.25) is 0 Å². The topological polar surface area (TPSA) is 81.4 Å². The van der Waals surface area contributed by atoms with E-state index in [1.54, 1.807) is 25.1 Å². The van der Waals surface area contributed by atoms with Crippen LogP contribution in [-0.2, 0) is 16.1 Å². The number of rotatable bonds is 5. The summed E-state index contributed by atoms with van der Waals surface area (Å²) < 4.78 is 6.13. The van der Waals surface area contributed by atoms with Gasteiger partial charge in [0.25, 0.3) is 5.91 Å². The van der Waals surface area contributed by atoms with Crippen molar-refractivity contribution >= 4 is 40.2 Å². The Hall–Kier alpha value is -2.09. The van der Waals surface area contributed by atoms with Crippen molar-refractivity contribution in [3.63, 3.8) is 0 Å². The van der Waals surface area contributed by atoms with Crippen LogP contribution >= 0.6 is 22.6 Å². The van der Waals surface area contributed by atoms with Gasteiger partial charge in [0.15, 0.2) is 0 Å². The molecule has 23 heavy (non-hydrogen) atoms. The van der Waals surface area contributed by atoms with Crippen LogP contribution in [-0.4, -0.2) is 17.9 Å². The number of ether oxygens (including phenoxy) is 1. The highest BCUT2D eigenvalue weighted by molar-refractivity contribution is 14.1. The zero-order valence-electron chi connectivity index (χ0n) is 12.6. The van der Waals surface area contributed by atoms with Crippen LogP contribution < -0.4 is 11.1 Å². The molecule has 0 bridgehead atoms. The molecule has 0 aliphatic rings. The number of anilines is 1. The van der Waals surface area contributed by atoms with Crippen molar-refractivity contribution in [2.24, 2.45) is 0 Å². The minimum atomic E-state index is -0.759. The number of hydrogen-bond donors (Lipinski definition) is 2. The van der Waals surface area contributed by atoms with Gasteiger partial charge >= 0.3 is 5.97 Å². The van der Waals surface area contributed by atoms with Crippen LogP contribution in [0.3, 0.4) is 0 Å². The molecule has 0 aromatic heterocycles. The van der Waals surface area contributed by atoms with Crippen molar-refractivity contribution in [1.29, 1.82) is 0 Å². The first kappa shape index (κ1) is 17.3. The molecule has 0 heterocycles. The van der Waals surface area contributed by atoms with E-state index in [-0.39, 0.29) is 6.61 Å². The molecule has 1 amide bonds. The zero-order valence-corrected chi connectivity index (χ0v) is 14.7. The van der Waals surface area contributed by atoms with Crippen molar-refractivity contribution in [2.75, 3.05) is 5.73 Å². The molecule has 0 aliphatic carbocycles. The summed E-state index contributed by atoms with van der Waals surface area (Å²) in [6, 6.07) is 13.7. The van der Waals surface area contributed by atoms with Crippen LogP contribution in [0.25, 0.3) is 0 Å². The molecule has 5 nitrogen and oxygen atoms in total. The number of nitrogen functional groups attached to an aromatic ring is 1. The molecule has 0 aliphatic heterocycles. The Morgan fingerprint density at radius 1 is 1.22 bits per heavy atom. The lowest BCUT2D eigenvalue weighted by Gasteiger charge is -2.14. The summed E-state index contributed by atoms with van der Waals surface area (Å²) in [6.07, 6.45) is 0. The number of carbonyl (C=O) groups excluding carboxylic acids is 2. The molecule has 2 aromatic carbocycles. The highest BCUT2D eigenvalue weighted by atomic mass is 127. The average Bonchev–Trinajstić information content (AvgIpc) is 2.53. The fraction of sp³-hybridized carbons (Fsp3) is 0.176. The van der Waals surface area contributed by atoms with Crippen molar-refractivity contribution in [1.82, 2.24) is 5.32 Å². The van der Waals surface area contributed by atoms with E-state index in [4.69, 9.17) is 10.5 Å². The Labute approximate surface area is 148 Å². The molecule has 0 radical (unpaired) electrons. The van der Waals surface area contributed by atoms with E-state index in [0.29, 0.717) is 11.3 Å². The van der Waals surface area contributed by atoms with E-state index < -0.39 is 17.9 Å². The summed E-state index contributed by atoms with van der Waals surface area (Å²) in [4.78, 5) is 24.1. The Bertz CT molecular complexity index is 704. The van der Waals surface area contributed by atoms with E-state index in [1.165, 1.54) is 0 Å². The molecule has 1 atom stereocenters. The first-order chi connectivity index (χ1) is 11.0. The Morgan fingerprint density at radius 2 is 1.91 bits per heavy atom. The van der Waals surface area contributed by atoms with E-state index in [1.807, 2.05) is 30.3 Å². The molecule has 120 valence electrons. The lowest BCUT2D eigenvalue weighted by atomic mass is 10.1. The fourth-order valence-electron chi connectivity index (χ4n) is 1.93. The van der Waals surface area contributed by atoms with Crippen molar-refractivity contribution < 1.29 is 14.3 Å². The van der Waals surface area contributed by atoms with Gasteiger partial charge < -0.3 is 15.8 Å². The van der Waals surface area contributed by atoms with Gasteiger partial charge in [-0.3, -0.25) is 4.79 Å². The predicted molar refractivity (Wildman–Crippen MR) is 96.7 cm³/mol. The molecule has 0 saturated heterocycles. The molecule has 0 spiro atoms. The Kier molecular flexibility index (Phi) is 5.97. The third-order valence-electron chi connectivity index (χ3n) is 3.18. The second kappa shape index (κ2) is 7.96. The predicted octanol–water partition coefficient (Wildman–Crippen LogP) is 2.74. The van der Waals surface area contributed by atoms with E-state index >= 15 is 0 Å². The first-order valence-electron chi connectivity index (χ1n) is 7.04. The van der Waals surface area contributed by atoms with Crippen molar-refractivity contribution in [3.05, 3.63) is 63.2 Å². The largest absolute Gasteiger partial charge is 0.459 e. The molecule has 3 N–H and O–H groups in total. The summed E-state index contributed by atoms with van der Waals surface area (Å²) >= 11 is 2.11. The third kappa shape index (κ3) is 4.95.